The number of carbonyl (C=O) groups is 1. The highest BCUT2D eigenvalue weighted by Gasteiger charge is 2.41. The van der Waals surface area contributed by atoms with E-state index in [1.54, 1.807) is 7.11 Å². The zero-order valence-electron chi connectivity index (χ0n) is 20.7. The summed E-state index contributed by atoms with van der Waals surface area (Å²) in [5.41, 5.74) is -0.244. The van der Waals surface area contributed by atoms with Crippen LogP contribution in [0.15, 0.2) is 24.3 Å². The molecule has 1 heterocycles. The summed E-state index contributed by atoms with van der Waals surface area (Å²) < 4.78 is 5.19. The van der Waals surface area contributed by atoms with Crippen LogP contribution in [0, 0.1) is 11.8 Å². The van der Waals surface area contributed by atoms with Crippen LogP contribution in [0.4, 0.5) is 4.79 Å². The molecule has 1 aromatic carbocycles. The molecule has 3 unspecified atom stereocenters. The van der Waals surface area contributed by atoms with Gasteiger partial charge < -0.3 is 25.2 Å². The molecule has 0 bridgehead atoms. The monoisotopic (exact) mass is 494 g/mol. The fraction of sp³-hybridized carbons (Fsp3) is 0.741. The second-order valence-corrected chi connectivity index (χ2v) is 10.7. The Labute approximate surface area is 210 Å². The molecule has 1 saturated carbocycles. The number of carbonyl (C=O) groups excluding carboxylic acids is 1. The molecule has 3 N–H and O–H groups in total. The number of nitrogens with one attached hydrogen (secondary N) is 1. The van der Waals surface area contributed by atoms with Gasteiger partial charge in [0.15, 0.2) is 0 Å². The number of amides is 2. The summed E-state index contributed by atoms with van der Waals surface area (Å²) >= 11 is 6.28. The van der Waals surface area contributed by atoms with Crippen molar-refractivity contribution in [2.75, 3.05) is 33.4 Å². The molecule has 192 valence electrons. The number of unbranched alkanes of at least 4 members (excludes halogenated alkanes) is 1. The van der Waals surface area contributed by atoms with E-state index in [0.29, 0.717) is 37.1 Å². The molecule has 1 saturated heterocycles. The molecular weight excluding hydrogens is 452 g/mol. The lowest BCUT2D eigenvalue weighted by molar-refractivity contribution is -0.0564. The summed E-state index contributed by atoms with van der Waals surface area (Å²) in [6.45, 7) is 1.78. The van der Waals surface area contributed by atoms with Crippen molar-refractivity contribution in [1.29, 1.82) is 0 Å². The molecule has 7 heteroatoms. The van der Waals surface area contributed by atoms with Gasteiger partial charge >= 0.3 is 6.03 Å². The first kappa shape index (κ1) is 27.3. The summed E-state index contributed by atoms with van der Waals surface area (Å²) in [6, 6.07) is 7.14. The van der Waals surface area contributed by atoms with Gasteiger partial charge in [-0.1, -0.05) is 55.8 Å². The molecule has 1 aliphatic heterocycles. The van der Waals surface area contributed by atoms with Crippen LogP contribution in [-0.4, -0.2) is 60.6 Å². The molecular formula is C27H43ClN2O4. The van der Waals surface area contributed by atoms with Gasteiger partial charge in [0, 0.05) is 37.7 Å². The standard InChI is InChI=1S/C27H43ClN2O4/c1-34-16-6-5-14-27(33,22-11-7-13-24(28)18-22)23-12-8-15-30(19-23)26(32)29-25(20-31)17-21-9-3-2-4-10-21/h7,11,13,18,21,23,25,31,33H,2-6,8-10,12,14-17,19-20H2,1H3,(H,29,32). The van der Waals surface area contributed by atoms with Gasteiger partial charge in [-0.2, -0.15) is 0 Å². The van der Waals surface area contributed by atoms with Crippen LogP contribution in [-0.2, 0) is 10.3 Å². The van der Waals surface area contributed by atoms with E-state index in [1.165, 1.54) is 32.1 Å². The average Bonchev–Trinajstić information content (AvgIpc) is 2.86. The number of likely N-dealkylation sites (tertiary alicyclic amines) is 1. The van der Waals surface area contributed by atoms with Gasteiger partial charge in [-0.05, 0) is 62.1 Å². The number of urea groups is 1. The van der Waals surface area contributed by atoms with Crippen LogP contribution >= 0.6 is 11.6 Å². The molecule has 0 aromatic heterocycles. The van der Waals surface area contributed by atoms with E-state index in [1.807, 2.05) is 29.2 Å². The molecule has 0 radical (unpaired) electrons. The number of halogens is 1. The van der Waals surface area contributed by atoms with Crippen LogP contribution < -0.4 is 5.32 Å². The van der Waals surface area contributed by atoms with Gasteiger partial charge in [0.05, 0.1) is 18.2 Å². The quantitative estimate of drug-likeness (QED) is 0.374. The maximum atomic E-state index is 13.2. The van der Waals surface area contributed by atoms with Crippen molar-refractivity contribution in [3.8, 4) is 0 Å². The van der Waals surface area contributed by atoms with E-state index in [-0.39, 0.29) is 24.6 Å². The number of aliphatic hydroxyl groups is 2. The Hall–Kier alpha value is -1.34. The van der Waals surface area contributed by atoms with Crippen molar-refractivity contribution in [1.82, 2.24) is 10.2 Å². The summed E-state index contributed by atoms with van der Waals surface area (Å²) in [4.78, 5) is 15.0. The van der Waals surface area contributed by atoms with Crippen molar-refractivity contribution >= 4 is 17.6 Å². The minimum atomic E-state index is -1.06. The first-order chi connectivity index (χ1) is 16.5. The lowest BCUT2D eigenvalue weighted by Gasteiger charge is -2.43. The van der Waals surface area contributed by atoms with Crippen molar-refractivity contribution in [3.05, 3.63) is 34.9 Å². The highest BCUT2D eigenvalue weighted by molar-refractivity contribution is 6.30. The number of ether oxygens (including phenoxy) is 1. The molecule has 34 heavy (non-hydrogen) atoms. The predicted molar refractivity (Wildman–Crippen MR) is 136 cm³/mol. The number of hydrogen-bond acceptors (Lipinski definition) is 4. The highest BCUT2D eigenvalue weighted by Crippen LogP contribution is 2.40. The number of benzene rings is 1. The lowest BCUT2D eigenvalue weighted by Crippen LogP contribution is -2.53. The van der Waals surface area contributed by atoms with Gasteiger partial charge in [-0.15, -0.1) is 0 Å². The van der Waals surface area contributed by atoms with Crippen LogP contribution in [0.5, 0.6) is 0 Å². The minimum absolute atomic E-state index is 0.0362. The highest BCUT2D eigenvalue weighted by atomic mass is 35.5. The number of aliphatic hydroxyl groups excluding tert-OH is 1. The zero-order chi connectivity index (χ0) is 24.4. The third-order valence-electron chi connectivity index (χ3n) is 7.76. The van der Waals surface area contributed by atoms with Gasteiger partial charge in [0.2, 0.25) is 0 Å². The normalized spacial score (nSPS) is 22.2. The van der Waals surface area contributed by atoms with Crippen LogP contribution in [0.1, 0.15) is 76.2 Å². The van der Waals surface area contributed by atoms with Crippen molar-refractivity contribution in [3.63, 3.8) is 0 Å². The van der Waals surface area contributed by atoms with E-state index >= 15 is 0 Å². The van der Waals surface area contributed by atoms with Crippen LogP contribution in [0.3, 0.4) is 0 Å². The van der Waals surface area contributed by atoms with Crippen LogP contribution in [0.25, 0.3) is 0 Å². The zero-order valence-corrected chi connectivity index (χ0v) is 21.4. The third-order valence-corrected chi connectivity index (χ3v) is 7.99. The van der Waals surface area contributed by atoms with Crippen molar-refractivity contribution < 1.29 is 19.7 Å². The topological polar surface area (TPSA) is 82.0 Å². The first-order valence-corrected chi connectivity index (χ1v) is 13.5. The molecule has 2 fully saturated rings. The maximum absolute atomic E-state index is 13.2. The van der Waals surface area contributed by atoms with Crippen molar-refractivity contribution in [2.45, 2.75) is 82.3 Å². The second kappa shape index (κ2) is 13.7. The summed E-state index contributed by atoms with van der Waals surface area (Å²) in [7, 11) is 1.69. The number of methoxy groups -OCH3 is 1. The van der Waals surface area contributed by atoms with Gasteiger partial charge in [0.1, 0.15) is 0 Å². The SMILES string of the molecule is COCCCCC(O)(c1cccc(Cl)c1)C1CCCN(C(=O)NC(CO)CC2CCCCC2)C1. The Bertz CT molecular complexity index is 758. The third kappa shape index (κ3) is 7.58. The Kier molecular flexibility index (Phi) is 11.0. The Balaban J connectivity index is 1.66. The Morgan fingerprint density at radius 1 is 1.24 bits per heavy atom. The van der Waals surface area contributed by atoms with E-state index < -0.39 is 5.60 Å². The Morgan fingerprint density at radius 3 is 2.74 bits per heavy atom. The summed E-state index contributed by atoms with van der Waals surface area (Å²) in [5, 5.41) is 25.6. The summed E-state index contributed by atoms with van der Waals surface area (Å²) in [6.07, 6.45) is 11.0. The number of rotatable bonds is 11. The average molecular weight is 495 g/mol. The first-order valence-electron chi connectivity index (χ1n) is 13.1. The minimum Gasteiger partial charge on any atom is -0.394 e. The number of hydrogen-bond donors (Lipinski definition) is 3. The molecule has 1 aromatic rings. The van der Waals surface area contributed by atoms with Gasteiger partial charge in [0.25, 0.3) is 0 Å². The molecule has 3 rings (SSSR count). The fourth-order valence-electron chi connectivity index (χ4n) is 5.80. The number of nitrogens with zero attached hydrogens (tertiary/aromatic N) is 1. The van der Waals surface area contributed by atoms with E-state index in [4.69, 9.17) is 16.3 Å². The smallest absolute Gasteiger partial charge is 0.317 e. The van der Waals surface area contributed by atoms with Gasteiger partial charge in [-0.3, -0.25) is 0 Å². The molecule has 1 aliphatic carbocycles. The van der Waals surface area contributed by atoms with Crippen molar-refractivity contribution in [2.24, 2.45) is 11.8 Å². The molecule has 0 spiro atoms. The molecule has 6 nitrogen and oxygen atoms in total. The maximum Gasteiger partial charge on any atom is 0.317 e. The molecule has 2 amide bonds. The molecule has 3 atom stereocenters. The van der Waals surface area contributed by atoms with Crippen LogP contribution in [0.2, 0.25) is 5.02 Å². The van der Waals surface area contributed by atoms with E-state index in [2.05, 4.69) is 5.32 Å². The molecule has 2 aliphatic rings. The lowest BCUT2D eigenvalue weighted by atomic mass is 9.74. The predicted octanol–water partition coefficient (Wildman–Crippen LogP) is 5.10. The fourth-order valence-corrected chi connectivity index (χ4v) is 5.99. The summed E-state index contributed by atoms with van der Waals surface area (Å²) in [5.74, 6) is 0.499. The second-order valence-electron chi connectivity index (χ2n) is 10.2. The van der Waals surface area contributed by atoms with E-state index in [9.17, 15) is 15.0 Å². The van der Waals surface area contributed by atoms with E-state index in [0.717, 1.165) is 37.7 Å². The Morgan fingerprint density at radius 2 is 2.03 bits per heavy atom. The largest absolute Gasteiger partial charge is 0.394 e. The van der Waals surface area contributed by atoms with Gasteiger partial charge in [-0.25, -0.2) is 4.79 Å². The number of piperidine rings is 1.